The van der Waals surface area contributed by atoms with Gasteiger partial charge in [0.15, 0.2) is 25.0 Å². The summed E-state index contributed by atoms with van der Waals surface area (Å²) in [6.45, 7) is 22.8. The molecule has 0 bridgehead atoms. The van der Waals surface area contributed by atoms with Crippen LogP contribution in [0.3, 0.4) is 0 Å². The van der Waals surface area contributed by atoms with Crippen LogP contribution in [0.4, 0.5) is 0 Å². The van der Waals surface area contributed by atoms with Crippen LogP contribution in [-0.2, 0) is 12.3 Å². The number of rotatable bonds is 19. The Hall–Kier alpha value is 0.748. The van der Waals surface area contributed by atoms with Crippen molar-refractivity contribution in [3.05, 3.63) is 0 Å². The lowest BCUT2D eigenvalue weighted by Gasteiger charge is -2.43. The second kappa shape index (κ2) is 14.8. The van der Waals surface area contributed by atoms with Crippen molar-refractivity contribution in [1.82, 2.24) is 0 Å². The van der Waals surface area contributed by atoms with Crippen molar-refractivity contribution in [3.8, 4) is 0 Å². The predicted molar refractivity (Wildman–Crippen MR) is 145 cm³/mol. The molecule has 0 aliphatic carbocycles. The Kier molecular flexibility index (Phi) is 15.2. The van der Waals surface area contributed by atoms with E-state index in [1.807, 2.05) is 0 Å². The summed E-state index contributed by atoms with van der Waals surface area (Å²) in [4.78, 5) is 0. The lowest BCUT2D eigenvalue weighted by molar-refractivity contribution is 0.250. The second-order valence-corrected chi connectivity index (χ2v) is 29.0. The lowest BCUT2D eigenvalue weighted by Crippen LogP contribution is -2.60. The molecule has 0 spiro atoms. The quantitative estimate of drug-likeness (QED) is 0.133. The summed E-state index contributed by atoms with van der Waals surface area (Å²) in [5.41, 5.74) is 0. The molecule has 0 heterocycles. The van der Waals surface area contributed by atoms with Gasteiger partial charge in [-0.2, -0.15) is 0 Å². The molecule has 182 valence electrons. The highest BCUT2D eigenvalue weighted by Gasteiger charge is 2.49. The van der Waals surface area contributed by atoms with Crippen molar-refractivity contribution in [3.63, 3.8) is 0 Å². The molecule has 30 heavy (non-hydrogen) atoms. The molecular weight excluding hydrogens is 437 g/mol. The van der Waals surface area contributed by atoms with E-state index in [1.165, 1.54) is 77.0 Å². The van der Waals surface area contributed by atoms with Crippen LogP contribution in [-0.4, -0.2) is 33.8 Å². The molecule has 0 rings (SSSR count). The van der Waals surface area contributed by atoms with Crippen molar-refractivity contribution in [2.45, 2.75) is 149 Å². The van der Waals surface area contributed by atoms with Crippen LogP contribution in [0.5, 0.6) is 0 Å². The first-order valence-corrected chi connectivity index (χ1v) is 24.9. The second-order valence-electron chi connectivity index (χ2n) is 12.0. The van der Waals surface area contributed by atoms with Crippen molar-refractivity contribution in [2.24, 2.45) is 0 Å². The summed E-state index contributed by atoms with van der Waals surface area (Å²) in [6.07, 6.45) is 16.5. The van der Waals surface area contributed by atoms with Gasteiger partial charge in [0.1, 0.15) is 0 Å². The fraction of sp³-hybridized carbons (Fsp3) is 1.00. The number of hydrogen-bond donors (Lipinski definition) is 0. The first-order valence-electron chi connectivity index (χ1n) is 12.8. The first-order chi connectivity index (χ1) is 13.7. The Morgan fingerprint density at radius 1 is 0.400 bits per heavy atom. The molecule has 0 N–H and O–H groups in total. The third-order valence-electron chi connectivity index (χ3n) is 4.72. The maximum Gasteiger partial charge on any atom is 0.469 e. The third-order valence-corrected chi connectivity index (χ3v) is 16.8. The molecule has 0 radical (unpaired) electrons. The van der Waals surface area contributed by atoms with Crippen LogP contribution in [0.2, 0.25) is 65.0 Å². The molecule has 0 unspecified atom stereocenters. The van der Waals surface area contributed by atoms with Crippen LogP contribution in [0.1, 0.15) is 84.0 Å². The summed E-state index contributed by atoms with van der Waals surface area (Å²) in [5, 5.41) is 0. The summed E-state index contributed by atoms with van der Waals surface area (Å²) in [6, 6.07) is 1.00. The van der Waals surface area contributed by atoms with Gasteiger partial charge in [0, 0.05) is 6.04 Å². The average Bonchev–Trinajstić information content (AvgIpc) is 2.50. The van der Waals surface area contributed by atoms with Gasteiger partial charge in [-0.3, -0.25) is 0 Å². The van der Waals surface area contributed by atoms with Gasteiger partial charge in [-0.05, 0) is 65.3 Å². The lowest BCUT2D eigenvalue weighted by atomic mass is 10.1. The van der Waals surface area contributed by atoms with Crippen molar-refractivity contribution in [2.75, 3.05) is 0 Å². The Morgan fingerprint density at radius 2 is 0.667 bits per heavy atom. The van der Waals surface area contributed by atoms with Gasteiger partial charge in [-0.15, -0.1) is 0 Å². The van der Waals surface area contributed by atoms with E-state index in [9.17, 15) is 0 Å². The van der Waals surface area contributed by atoms with Gasteiger partial charge in [0.25, 0.3) is 0 Å². The highest BCUT2D eigenvalue weighted by atomic mass is 28.5. The van der Waals surface area contributed by atoms with Gasteiger partial charge in [-0.25, -0.2) is 0 Å². The monoisotopic (exact) mass is 492 g/mol. The maximum absolute atomic E-state index is 6.78. The topological polar surface area (TPSA) is 27.7 Å². The van der Waals surface area contributed by atoms with E-state index in [0.29, 0.717) is 0 Å². The van der Waals surface area contributed by atoms with E-state index < -0.39 is 33.8 Å². The molecule has 0 aromatic rings. The Balaban J connectivity index is 4.47. The SMILES string of the molecule is CCCCCCCCCCCCCC[Si](O[Si](C)(C)C)(O[Si](C)(C)C)O[Si](C)(C)C. The minimum Gasteiger partial charge on any atom is -0.417 e. The van der Waals surface area contributed by atoms with Gasteiger partial charge >= 0.3 is 8.80 Å². The maximum atomic E-state index is 6.78. The average molecular weight is 493 g/mol. The molecule has 7 heteroatoms. The van der Waals surface area contributed by atoms with Crippen LogP contribution >= 0.6 is 0 Å². The largest absolute Gasteiger partial charge is 0.469 e. The van der Waals surface area contributed by atoms with Crippen LogP contribution < -0.4 is 0 Å². The summed E-state index contributed by atoms with van der Waals surface area (Å²) >= 11 is 0. The third kappa shape index (κ3) is 19.4. The minimum atomic E-state index is -2.61. The summed E-state index contributed by atoms with van der Waals surface area (Å²) < 4.78 is 20.3. The zero-order valence-electron chi connectivity index (χ0n) is 22.4. The van der Waals surface area contributed by atoms with Crippen molar-refractivity contribution in [1.29, 1.82) is 0 Å². The fourth-order valence-corrected chi connectivity index (χ4v) is 18.5. The summed E-state index contributed by atoms with van der Waals surface area (Å²) in [5.74, 6) is 0. The fourth-order valence-electron chi connectivity index (χ4n) is 3.80. The highest BCUT2D eigenvalue weighted by molar-refractivity contribution is 6.90. The normalized spacial score (nSPS) is 13.8. The van der Waals surface area contributed by atoms with E-state index >= 15 is 0 Å². The molecule has 0 atom stereocenters. The highest BCUT2D eigenvalue weighted by Crippen LogP contribution is 2.30. The van der Waals surface area contributed by atoms with Crippen molar-refractivity contribution >= 4 is 33.8 Å². The zero-order chi connectivity index (χ0) is 23.3. The Labute approximate surface area is 194 Å². The number of hydrogen-bond acceptors (Lipinski definition) is 3. The minimum absolute atomic E-state index is 1.00. The smallest absolute Gasteiger partial charge is 0.417 e. The molecule has 0 amide bonds. The van der Waals surface area contributed by atoms with Crippen LogP contribution in [0.25, 0.3) is 0 Å². The summed E-state index contributed by atoms with van der Waals surface area (Å²) in [7, 11) is -7.83. The molecule has 0 aliphatic rings. The zero-order valence-corrected chi connectivity index (χ0v) is 26.4. The van der Waals surface area contributed by atoms with E-state index in [2.05, 4.69) is 65.8 Å². The van der Waals surface area contributed by atoms with Crippen molar-refractivity contribution < 1.29 is 12.3 Å². The molecule has 0 aromatic heterocycles. The standard InChI is InChI=1S/C23H56O3Si4/c1-11-12-13-14-15-16-17-18-19-20-21-22-23-30(24-27(2,3)4,25-28(5,6)7)26-29(8,9)10/h11-23H2,1-10H3. The van der Waals surface area contributed by atoms with Crippen LogP contribution in [0.15, 0.2) is 0 Å². The predicted octanol–water partition coefficient (Wildman–Crippen LogP) is 9.18. The number of unbranched alkanes of at least 4 members (excludes halogenated alkanes) is 11. The Morgan fingerprint density at radius 3 is 0.933 bits per heavy atom. The van der Waals surface area contributed by atoms with Gasteiger partial charge < -0.3 is 12.3 Å². The molecular formula is C23H56O3Si4. The van der Waals surface area contributed by atoms with E-state index in [-0.39, 0.29) is 0 Å². The molecule has 0 aromatic carbocycles. The molecule has 0 fully saturated rings. The van der Waals surface area contributed by atoms with E-state index in [4.69, 9.17) is 12.3 Å². The first kappa shape index (κ1) is 30.7. The molecule has 0 saturated heterocycles. The van der Waals surface area contributed by atoms with Gasteiger partial charge in [0.05, 0.1) is 0 Å². The molecule has 3 nitrogen and oxygen atoms in total. The van der Waals surface area contributed by atoms with E-state index in [0.717, 1.165) is 6.04 Å². The Bertz CT molecular complexity index is 385. The van der Waals surface area contributed by atoms with Gasteiger partial charge in [0.2, 0.25) is 0 Å². The molecule has 0 saturated carbocycles. The molecule has 0 aliphatic heterocycles. The van der Waals surface area contributed by atoms with Crippen LogP contribution in [0, 0.1) is 0 Å². The van der Waals surface area contributed by atoms with Gasteiger partial charge in [-0.1, -0.05) is 77.6 Å². The van der Waals surface area contributed by atoms with E-state index in [1.54, 1.807) is 0 Å².